The number of anilines is 2. The maximum Gasteiger partial charge on any atom is 0.232 e. The Morgan fingerprint density at radius 3 is 2.33 bits per heavy atom. The largest absolute Gasteiger partial charge is 0.489 e. The molecule has 0 saturated carbocycles. The molecule has 0 aliphatic carbocycles. The molecule has 0 spiro atoms. The molecule has 2 aromatic carbocycles. The van der Waals surface area contributed by atoms with Crippen LogP contribution in [0.5, 0.6) is 5.75 Å². The van der Waals surface area contributed by atoms with Crippen LogP contribution in [0, 0.1) is 6.92 Å². The number of nitrogens with zero attached hydrogens (tertiary/aromatic N) is 1. The van der Waals surface area contributed by atoms with Gasteiger partial charge in [-0.05, 0) is 45.0 Å². The molecular formula is C20H26N2O4S. The third kappa shape index (κ3) is 6.29. The van der Waals surface area contributed by atoms with Gasteiger partial charge in [0, 0.05) is 13.0 Å². The van der Waals surface area contributed by atoms with Crippen LogP contribution >= 0.6 is 0 Å². The van der Waals surface area contributed by atoms with Crippen LogP contribution in [0.1, 0.15) is 25.8 Å². The number of aryl methyl sites for hydroxylation is 1. The summed E-state index contributed by atoms with van der Waals surface area (Å²) in [6.45, 7) is 5.80. The van der Waals surface area contributed by atoms with Crippen LogP contribution in [-0.4, -0.2) is 33.2 Å². The van der Waals surface area contributed by atoms with E-state index >= 15 is 0 Å². The van der Waals surface area contributed by atoms with Gasteiger partial charge < -0.3 is 10.1 Å². The highest BCUT2D eigenvalue weighted by atomic mass is 32.2. The third-order valence-corrected chi connectivity index (χ3v) is 4.98. The molecule has 0 aliphatic rings. The summed E-state index contributed by atoms with van der Waals surface area (Å²) in [4.78, 5) is 12.4. The monoisotopic (exact) mass is 390 g/mol. The molecule has 7 heteroatoms. The molecule has 0 unspecified atom stereocenters. The van der Waals surface area contributed by atoms with Crippen molar-refractivity contribution < 1.29 is 17.9 Å². The standard InChI is InChI=1S/C20H26N2O4S/c1-15(2)26-19-8-6-5-7-18(19)21-20(23)13-14-22(27(4,24)25)17-11-9-16(3)10-12-17/h5-12,15H,13-14H2,1-4H3,(H,21,23). The fourth-order valence-corrected chi connectivity index (χ4v) is 3.47. The van der Waals surface area contributed by atoms with Crippen molar-refractivity contribution in [2.75, 3.05) is 22.4 Å². The summed E-state index contributed by atoms with van der Waals surface area (Å²) in [6, 6.07) is 14.3. The molecule has 0 saturated heterocycles. The second kappa shape index (κ2) is 8.90. The smallest absolute Gasteiger partial charge is 0.232 e. The Morgan fingerprint density at radius 2 is 1.74 bits per heavy atom. The zero-order chi connectivity index (χ0) is 20.0. The molecule has 146 valence electrons. The first kappa shape index (κ1) is 20.8. The maximum atomic E-state index is 12.4. The van der Waals surface area contributed by atoms with E-state index in [1.54, 1.807) is 30.3 Å². The fourth-order valence-electron chi connectivity index (χ4n) is 2.54. The Balaban J connectivity index is 2.08. The number of amides is 1. The first-order valence-corrected chi connectivity index (χ1v) is 10.6. The third-order valence-electron chi connectivity index (χ3n) is 3.79. The number of benzene rings is 2. The number of ether oxygens (including phenoxy) is 1. The van der Waals surface area contributed by atoms with Crippen molar-refractivity contribution >= 4 is 27.3 Å². The number of rotatable bonds is 8. The maximum absolute atomic E-state index is 12.4. The molecule has 6 nitrogen and oxygen atoms in total. The molecule has 0 radical (unpaired) electrons. The van der Waals surface area contributed by atoms with E-state index < -0.39 is 10.0 Å². The lowest BCUT2D eigenvalue weighted by Crippen LogP contribution is -2.33. The number of para-hydroxylation sites is 2. The van der Waals surface area contributed by atoms with Crippen LogP contribution in [-0.2, 0) is 14.8 Å². The first-order valence-electron chi connectivity index (χ1n) is 8.76. The van der Waals surface area contributed by atoms with E-state index in [0.717, 1.165) is 11.8 Å². The van der Waals surface area contributed by atoms with Crippen LogP contribution in [0.4, 0.5) is 11.4 Å². The molecule has 1 N–H and O–H groups in total. The van der Waals surface area contributed by atoms with Gasteiger partial charge >= 0.3 is 0 Å². The Hall–Kier alpha value is -2.54. The molecule has 0 aliphatic heterocycles. The summed E-state index contributed by atoms with van der Waals surface area (Å²) in [5, 5.41) is 2.80. The predicted octanol–water partition coefficient (Wildman–Crippen LogP) is 3.58. The topological polar surface area (TPSA) is 75.7 Å². The van der Waals surface area contributed by atoms with Crippen LogP contribution in [0.25, 0.3) is 0 Å². The highest BCUT2D eigenvalue weighted by molar-refractivity contribution is 7.92. The van der Waals surface area contributed by atoms with Crippen LogP contribution < -0.4 is 14.4 Å². The van der Waals surface area contributed by atoms with Gasteiger partial charge in [-0.15, -0.1) is 0 Å². The average Bonchev–Trinajstić information content (AvgIpc) is 2.57. The Labute approximate surface area is 161 Å². The van der Waals surface area contributed by atoms with E-state index in [4.69, 9.17) is 4.74 Å². The van der Waals surface area contributed by atoms with E-state index in [-0.39, 0.29) is 25.0 Å². The fraction of sp³-hybridized carbons (Fsp3) is 0.350. The van der Waals surface area contributed by atoms with Gasteiger partial charge in [0.05, 0.1) is 23.7 Å². The van der Waals surface area contributed by atoms with E-state index in [1.165, 1.54) is 4.31 Å². The van der Waals surface area contributed by atoms with Crippen molar-refractivity contribution in [3.05, 3.63) is 54.1 Å². The van der Waals surface area contributed by atoms with Gasteiger partial charge in [0.25, 0.3) is 0 Å². The van der Waals surface area contributed by atoms with Crippen molar-refractivity contribution in [2.24, 2.45) is 0 Å². The number of carbonyl (C=O) groups excluding carboxylic acids is 1. The molecule has 2 aromatic rings. The minimum absolute atomic E-state index is 0.0229. The highest BCUT2D eigenvalue weighted by Crippen LogP contribution is 2.25. The first-order chi connectivity index (χ1) is 12.7. The number of hydrogen-bond acceptors (Lipinski definition) is 4. The molecule has 0 fully saturated rings. The van der Waals surface area contributed by atoms with Crippen molar-refractivity contribution in [1.82, 2.24) is 0 Å². The van der Waals surface area contributed by atoms with Crippen LogP contribution in [0.3, 0.4) is 0 Å². The average molecular weight is 391 g/mol. The molecule has 0 heterocycles. The summed E-state index contributed by atoms with van der Waals surface area (Å²) >= 11 is 0. The molecule has 2 rings (SSSR count). The van der Waals surface area contributed by atoms with E-state index in [0.29, 0.717) is 17.1 Å². The van der Waals surface area contributed by atoms with Crippen LogP contribution in [0.15, 0.2) is 48.5 Å². The van der Waals surface area contributed by atoms with Crippen molar-refractivity contribution in [3.8, 4) is 5.75 Å². The number of carbonyl (C=O) groups is 1. The van der Waals surface area contributed by atoms with Gasteiger partial charge in [0.15, 0.2) is 0 Å². The van der Waals surface area contributed by atoms with Crippen molar-refractivity contribution in [1.29, 1.82) is 0 Å². The predicted molar refractivity (Wildman–Crippen MR) is 109 cm³/mol. The van der Waals surface area contributed by atoms with Crippen molar-refractivity contribution in [2.45, 2.75) is 33.3 Å². The van der Waals surface area contributed by atoms with E-state index in [9.17, 15) is 13.2 Å². The lowest BCUT2D eigenvalue weighted by Gasteiger charge is -2.22. The summed E-state index contributed by atoms with van der Waals surface area (Å²) in [6.07, 6.45) is 1.14. The number of hydrogen-bond donors (Lipinski definition) is 1. The van der Waals surface area contributed by atoms with Gasteiger partial charge in [-0.3, -0.25) is 9.10 Å². The Kier molecular flexibility index (Phi) is 6.85. The summed E-state index contributed by atoms with van der Waals surface area (Å²) in [5.74, 6) is 0.301. The van der Waals surface area contributed by atoms with E-state index in [1.807, 2.05) is 39.0 Å². The lowest BCUT2D eigenvalue weighted by atomic mass is 10.2. The summed E-state index contributed by atoms with van der Waals surface area (Å²) in [7, 11) is -3.49. The van der Waals surface area contributed by atoms with Gasteiger partial charge in [0.2, 0.25) is 15.9 Å². The Bertz CT molecular complexity index is 877. The van der Waals surface area contributed by atoms with Gasteiger partial charge in [-0.25, -0.2) is 8.42 Å². The zero-order valence-corrected chi connectivity index (χ0v) is 16.9. The second-order valence-corrected chi connectivity index (χ2v) is 8.54. The molecule has 0 aromatic heterocycles. The Morgan fingerprint density at radius 1 is 1.11 bits per heavy atom. The van der Waals surface area contributed by atoms with E-state index in [2.05, 4.69) is 5.32 Å². The highest BCUT2D eigenvalue weighted by Gasteiger charge is 2.19. The molecular weight excluding hydrogens is 364 g/mol. The van der Waals surface area contributed by atoms with Gasteiger partial charge in [0.1, 0.15) is 5.75 Å². The molecule has 27 heavy (non-hydrogen) atoms. The van der Waals surface area contributed by atoms with Crippen LogP contribution in [0.2, 0.25) is 0 Å². The van der Waals surface area contributed by atoms with Crippen molar-refractivity contribution in [3.63, 3.8) is 0 Å². The normalized spacial score (nSPS) is 11.3. The number of sulfonamides is 1. The van der Waals surface area contributed by atoms with Gasteiger partial charge in [-0.2, -0.15) is 0 Å². The minimum Gasteiger partial charge on any atom is -0.489 e. The quantitative estimate of drug-likeness (QED) is 0.748. The summed E-state index contributed by atoms with van der Waals surface area (Å²) < 4.78 is 31.2. The zero-order valence-electron chi connectivity index (χ0n) is 16.1. The second-order valence-electron chi connectivity index (χ2n) is 6.63. The minimum atomic E-state index is -3.49. The molecule has 0 atom stereocenters. The number of nitrogens with one attached hydrogen (secondary N) is 1. The molecule has 1 amide bonds. The summed E-state index contributed by atoms with van der Waals surface area (Å²) in [5.41, 5.74) is 2.14. The van der Waals surface area contributed by atoms with Gasteiger partial charge in [-0.1, -0.05) is 29.8 Å². The lowest BCUT2D eigenvalue weighted by molar-refractivity contribution is -0.116. The molecule has 0 bridgehead atoms. The SMILES string of the molecule is Cc1ccc(N(CCC(=O)Nc2ccccc2OC(C)C)S(C)(=O)=O)cc1.